The first-order chi connectivity index (χ1) is 11.2. The average molecular weight is 305 g/mol. The molecule has 2 aromatic rings. The summed E-state index contributed by atoms with van der Waals surface area (Å²) in [5.41, 5.74) is 3.66. The highest BCUT2D eigenvalue weighted by molar-refractivity contribution is 5.93. The number of nitrogens with zero attached hydrogens (tertiary/aromatic N) is 1. The van der Waals surface area contributed by atoms with Crippen LogP contribution in [0.1, 0.15) is 18.4 Å². The lowest BCUT2D eigenvalue weighted by Crippen LogP contribution is -2.26. The summed E-state index contributed by atoms with van der Waals surface area (Å²) in [6, 6.07) is 20.0. The van der Waals surface area contributed by atoms with Crippen LogP contribution in [0, 0.1) is 0 Å². The fourth-order valence-electron chi connectivity index (χ4n) is 2.93. The van der Waals surface area contributed by atoms with Crippen LogP contribution in [0.15, 0.2) is 84.2 Å². The fraction of sp³-hybridized carbons (Fsp3) is 0.150. The summed E-state index contributed by atoms with van der Waals surface area (Å²) in [5, 5.41) is 0. The van der Waals surface area contributed by atoms with Gasteiger partial charge in [-0.05, 0) is 24.6 Å². The minimum atomic E-state index is -0.290. The van der Waals surface area contributed by atoms with Crippen molar-refractivity contribution in [2.45, 2.75) is 12.8 Å². The second-order valence-electron chi connectivity index (χ2n) is 5.43. The molecule has 0 saturated heterocycles. The molecular formula is C20H19NO2. The molecule has 0 bridgehead atoms. The Morgan fingerprint density at radius 1 is 1.00 bits per heavy atom. The van der Waals surface area contributed by atoms with Gasteiger partial charge in [-0.25, -0.2) is 4.79 Å². The number of para-hydroxylation sites is 1. The average Bonchev–Trinajstić information content (AvgIpc) is 2.62. The molecule has 3 rings (SSSR count). The summed E-state index contributed by atoms with van der Waals surface area (Å²) in [5.74, 6) is -0.384. The first-order valence-electron chi connectivity index (χ1n) is 7.59. The van der Waals surface area contributed by atoms with E-state index in [2.05, 4.69) is 0 Å². The van der Waals surface area contributed by atoms with Crippen molar-refractivity contribution in [2.75, 3.05) is 12.0 Å². The van der Waals surface area contributed by atoms with E-state index in [-0.39, 0.29) is 11.9 Å². The van der Waals surface area contributed by atoms with Crippen LogP contribution in [0.5, 0.6) is 0 Å². The van der Waals surface area contributed by atoms with Crippen molar-refractivity contribution in [2.24, 2.45) is 0 Å². The molecule has 0 aromatic heterocycles. The van der Waals surface area contributed by atoms with Gasteiger partial charge in [0, 0.05) is 23.5 Å². The molecule has 0 amide bonds. The normalized spacial score (nSPS) is 17.3. The van der Waals surface area contributed by atoms with Gasteiger partial charge < -0.3 is 9.64 Å². The van der Waals surface area contributed by atoms with Crippen molar-refractivity contribution in [1.82, 2.24) is 0 Å². The van der Waals surface area contributed by atoms with Gasteiger partial charge in [-0.2, -0.15) is 0 Å². The predicted octanol–water partition coefficient (Wildman–Crippen LogP) is 4.25. The highest BCUT2D eigenvalue weighted by Crippen LogP contribution is 2.36. The van der Waals surface area contributed by atoms with E-state index in [4.69, 9.17) is 4.74 Å². The summed E-state index contributed by atoms with van der Waals surface area (Å²) in [7, 11) is 1.43. The smallest absolute Gasteiger partial charge is 0.336 e. The molecule has 1 heterocycles. The minimum absolute atomic E-state index is 0.0939. The van der Waals surface area contributed by atoms with Crippen LogP contribution in [0.2, 0.25) is 0 Å². The van der Waals surface area contributed by atoms with E-state index in [0.717, 1.165) is 16.9 Å². The first kappa shape index (κ1) is 15.1. The summed E-state index contributed by atoms with van der Waals surface area (Å²) >= 11 is 0. The van der Waals surface area contributed by atoms with Crippen LogP contribution in [0.25, 0.3) is 0 Å². The summed E-state index contributed by atoms with van der Waals surface area (Å²) < 4.78 is 5.04. The van der Waals surface area contributed by atoms with E-state index in [1.54, 1.807) is 0 Å². The standard InChI is InChI=1S/C20H19NO2/c1-15-19(20(22)23-2)18(16-9-5-3-6-10-16)13-14-21(15)17-11-7-4-8-12-17/h3-14,18H,1-2H3. The maximum atomic E-state index is 12.4. The third-order valence-electron chi connectivity index (χ3n) is 4.09. The number of allylic oxidation sites excluding steroid dienone is 2. The van der Waals surface area contributed by atoms with Crippen LogP contribution in [0.4, 0.5) is 5.69 Å². The van der Waals surface area contributed by atoms with Gasteiger partial charge in [-0.15, -0.1) is 0 Å². The number of hydrogen-bond acceptors (Lipinski definition) is 3. The van der Waals surface area contributed by atoms with Crippen LogP contribution in [-0.2, 0) is 9.53 Å². The Balaban J connectivity index is 2.07. The summed E-state index contributed by atoms with van der Waals surface area (Å²) in [6.07, 6.45) is 4.07. The molecule has 2 aromatic carbocycles. The van der Waals surface area contributed by atoms with Crippen molar-refractivity contribution in [1.29, 1.82) is 0 Å². The Kier molecular flexibility index (Phi) is 4.29. The van der Waals surface area contributed by atoms with Gasteiger partial charge in [0.2, 0.25) is 0 Å². The van der Waals surface area contributed by atoms with E-state index in [1.807, 2.05) is 84.8 Å². The van der Waals surface area contributed by atoms with Gasteiger partial charge in [-0.1, -0.05) is 54.6 Å². The van der Waals surface area contributed by atoms with E-state index in [0.29, 0.717) is 5.57 Å². The lowest BCUT2D eigenvalue weighted by Gasteiger charge is -2.31. The Morgan fingerprint density at radius 3 is 2.22 bits per heavy atom. The first-order valence-corrected chi connectivity index (χ1v) is 7.59. The molecule has 1 aliphatic rings. The van der Waals surface area contributed by atoms with Gasteiger partial charge >= 0.3 is 5.97 Å². The molecule has 0 N–H and O–H groups in total. The van der Waals surface area contributed by atoms with E-state index in [9.17, 15) is 4.79 Å². The highest BCUT2D eigenvalue weighted by atomic mass is 16.5. The summed E-state index contributed by atoms with van der Waals surface area (Å²) in [6.45, 7) is 1.96. The molecule has 3 nitrogen and oxygen atoms in total. The highest BCUT2D eigenvalue weighted by Gasteiger charge is 2.29. The van der Waals surface area contributed by atoms with Gasteiger partial charge in [0.05, 0.1) is 12.7 Å². The Labute approximate surface area is 136 Å². The van der Waals surface area contributed by atoms with Gasteiger partial charge in [0.15, 0.2) is 0 Å². The zero-order valence-corrected chi connectivity index (χ0v) is 13.3. The Bertz CT molecular complexity index is 748. The number of hydrogen-bond donors (Lipinski definition) is 0. The van der Waals surface area contributed by atoms with Crippen LogP contribution < -0.4 is 4.90 Å². The van der Waals surface area contributed by atoms with Crippen molar-refractivity contribution >= 4 is 11.7 Å². The number of ether oxygens (including phenoxy) is 1. The van der Waals surface area contributed by atoms with Crippen molar-refractivity contribution in [3.63, 3.8) is 0 Å². The third-order valence-corrected chi connectivity index (χ3v) is 4.09. The van der Waals surface area contributed by atoms with Crippen LogP contribution >= 0.6 is 0 Å². The number of methoxy groups -OCH3 is 1. The Hall–Kier alpha value is -2.81. The Morgan fingerprint density at radius 2 is 1.61 bits per heavy atom. The number of rotatable bonds is 3. The van der Waals surface area contributed by atoms with Gasteiger partial charge in [0.25, 0.3) is 0 Å². The zero-order valence-electron chi connectivity index (χ0n) is 13.3. The quantitative estimate of drug-likeness (QED) is 0.794. The number of carbonyl (C=O) groups is 1. The van der Waals surface area contributed by atoms with Crippen molar-refractivity contribution in [3.8, 4) is 0 Å². The fourth-order valence-corrected chi connectivity index (χ4v) is 2.93. The molecule has 3 heteroatoms. The molecule has 23 heavy (non-hydrogen) atoms. The van der Waals surface area contributed by atoms with E-state index < -0.39 is 0 Å². The SMILES string of the molecule is COC(=O)C1=C(C)N(c2ccccc2)C=CC1c1ccccc1. The lowest BCUT2D eigenvalue weighted by atomic mass is 9.87. The second-order valence-corrected chi connectivity index (χ2v) is 5.43. The molecule has 116 valence electrons. The lowest BCUT2D eigenvalue weighted by molar-refractivity contribution is -0.136. The molecule has 1 atom stereocenters. The van der Waals surface area contributed by atoms with E-state index in [1.165, 1.54) is 7.11 Å². The molecule has 1 unspecified atom stereocenters. The second kappa shape index (κ2) is 6.53. The zero-order chi connectivity index (χ0) is 16.2. The minimum Gasteiger partial charge on any atom is -0.466 e. The molecule has 0 saturated carbocycles. The maximum absolute atomic E-state index is 12.4. The largest absolute Gasteiger partial charge is 0.466 e. The third kappa shape index (κ3) is 2.90. The van der Waals surface area contributed by atoms with Crippen LogP contribution in [0.3, 0.4) is 0 Å². The molecular weight excluding hydrogens is 286 g/mol. The van der Waals surface area contributed by atoms with Crippen molar-refractivity contribution < 1.29 is 9.53 Å². The van der Waals surface area contributed by atoms with E-state index >= 15 is 0 Å². The monoisotopic (exact) mass is 305 g/mol. The van der Waals surface area contributed by atoms with Gasteiger partial charge in [0.1, 0.15) is 0 Å². The maximum Gasteiger partial charge on any atom is 0.336 e. The number of esters is 1. The predicted molar refractivity (Wildman–Crippen MR) is 92.0 cm³/mol. The topological polar surface area (TPSA) is 29.5 Å². The molecule has 0 aliphatic carbocycles. The van der Waals surface area contributed by atoms with Crippen molar-refractivity contribution in [3.05, 3.63) is 89.8 Å². The molecule has 1 aliphatic heterocycles. The van der Waals surface area contributed by atoms with Crippen LogP contribution in [-0.4, -0.2) is 13.1 Å². The number of benzene rings is 2. The van der Waals surface area contributed by atoms with Gasteiger partial charge in [-0.3, -0.25) is 0 Å². The number of carbonyl (C=O) groups excluding carboxylic acids is 1. The number of anilines is 1. The summed E-state index contributed by atoms with van der Waals surface area (Å²) in [4.78, 5) is 14.4. The molecule has 0 fully saturated rings. The molecule has 0 radical (unpaired) electrons. The molecule has 0 spiro atoms.